The summed E-state index contributed by atoms with van der Waals surface area (Å²) in [4.78, 5) is 4.43. The van der Waals surface area contributed by atoms with Crippen LogP contribution in [0.5, 0.6) is 0 Å². The maximum Gasteiger partial charge on any atom is 0.0794 e. The lowest BCUT2D eigenvalue weighted by atomic mass is 9.67. The topological polar surface area (TPSA) is 38.9 Å². The van der Waals surface area contributed by atoms with E-state index in [1.54, 1.807) is 11.3 Å². The summed E-state index contributed by atoms with van der Waals surface area (Å²) in [5, 5.41) is 2.18. The first kappa shape index (κ1) is 14.0. The predicted octanol–water partition coefficient (Wildman–Crippen LogP) is 4.01. The van der Waals surface area contributed by atoms with E-state index in [0.717, 1.165) is 18.9 Å². The van der Waals surface area contributed by atoms with Crippen LogP contribution in [0.4, 0.5) is 0 Å². The number of nitrogens with two attached hydrogens (primary N) is 1. The summed E-state index contributed by atoms with van der Waals surface area (Å²) >= 11 is 1.70. The third-order valence-corrected chi connectivity index (χ3v) is 5.24. The van der Waals surface area contributed by atoms with E-state index in [1.165, 1.54) is 50.6 Å². The second kappa shape index (κ2) is 6.67. The van der Waals surface area contributed by atoms with Crippen LogP contribution in [0.2, 0.25) is 0 Å². The molecule has 0 aromatic carbocycles. The first-order chi connectivity index (χ1) is 8.78. The number of hydrogen-bond acceptors (Lipinski definition) is 3. The second-order valence-corrected chi connectivity index (χ2v) is 6.66. The van der Waals surface area contributed by atoms with Crippen LogP contribution in [-0.4, -0.2) is 11.5 Å². The van der Waals surface area contributed by atoms with Crippen molar-refractivity contribution in [1.82, 2.24) is 4.98 Å². The van der Waals surface area contributed by atoms with Crippen LogP contribution < -0.4 is 5.73 Å². The number of thiazole rings is 1. The van der Waals surface area contributed by atoms with Crippen LogP contribution in [-0.2, 0) is 6.42 Å². The molecule has 0 spiro atoms. The van der Waals surface area contributed by atoms with Gasteiger partial charge in [0.05, 0.1) is 11.2 Å². The monoisotopic (exact) mass is 266 g/mol. The van der Waals surface area contributed by atoms with E-state index in [2.05, 4.69) is 17.3 Å². The van der Waals surface area contributed by atoms with E-state index in [-0.39, 0.29) is 0 Å². The molecule has 1 heterocycles. The van der Waals surface area contributed by atoms with Crippen LogP contribution in [0.15, 0.2) is 10.9 Å². The molecular weight excluding hydrogens is 240 g/mol. The number of hydrogen-bond donors (Lipinski definition) is 1. The van der Waals surface area contributed by atoms with Crippen LogP contribution in [0, 0.1) is 11.3 Å². The van der Waals surface area contributed by atoms with Gasteiger partial charge in [0.25, 0.3) is 0 Å². The molecule has 2 nitrogen and oxygen atoms in total. The molecule has 0 unspecified atom stereocenters. The van der Waals surface area contributed by atoms with Gasteiger partial charge in [-0.25, -0.2) is 4.98 Å². The average Bonchev–Trinajstić information content (AvgIpc) is 2.91. The van der Waals surface area contributed by atoms with Gasteiger partial charge in [-0.15, -0.1) is 11.3 Å². The quantitative estimate of drug-likeness (QED) is 0.845. The van der Waals surface area contributed by atoms with Crippen molar-refractivity contribution in [3.05, 3.63) is 16.6 Å². The molecule has 3 heteroatoms. The van der Waals surface area contributed by atoms with Crippen molar-refractivity contribution < 1.29 is 0 Å². The van der Waals surface area contributed by atoms with Gasteiger partial charge in [0.1, 0.15) is 0 Å². The van der Waals surface area contributed by atoms with Crippen LogP contribution in [0.25, 0.3) is 0 Å². The van der Waals surface area contributed by atoms with Gasteiger partial charge < -0.3 is 5.73 Å². The van der Waals surface area contributed by atoms with E-state index in [0.29, 0.717) is 5.41 Å². The van der Waals surface area contributed by atoms with Gasteiger partial charge in [-0.3, -0.25) is 0 Å². The van der Waals surface area contributed by atoms with Crippen LogP contribution in [0.1, 0.15) is 57.6 Å². The van der Waals surface area contributed by atoms with Gasteiger partial charge >= 0.3 is 0 Å². The molecule has 1 saturated carbocycles. The highest BCUT2D eigenvalue weighted by molar-refractivity contribution is 7.07. The number of unbranched alkanes of at least 4 members (excludes halogenated alkanes) is 1. The third-order valence-electron chi connectivity index (χ3n) is 4.60. The number of aromatic nitrogens is 1. The van der Waals surface area contributed by atoms with Crippen LogP contribution >= 0.6 is 11.3 Å². The maximum absolute atomic E-state index is 6.08. The van der Waals surface area contributed by atoms with E-state index < -0.39 is 0 Å². The lowest BCUT2D eigenvalue weighted by Crippen LogP contribution is -2.37. The molecule has 102 valence electrons. The average molecular weight is 266 g/mol. The van der Waals surface area contributed by atoms with Gasteiger partial charge in [-0.1, -0.05) is 26.2 Å². The van der Waals surface area contributed by atoms with Gasteiger partial charge in [-0.05, 0) is 50.0 Å². The van der Waals surface area contributed by atoms with Crippen molar-refractivity contribution in [2.75, 3.05) is 6.54 Å². The molecule has 18 heavy (non-hydrogen) atoms. The Morgan fingerprint density at radius 1 is 1.44 bits per heavy atom. The Bertz CT molecular complexity index is 326. The fourth-order valence-electron chi connectivity index (χ4n) is 3.23. The van der Waals surface area contributed by atoms with Crippen molar-refractivity contribution in [3.8, 4) is 0 Å². The standard InChI is InChI=1S/C15H26N2S/c1-2-3-4-13-5-7-15(11-16,8-6-13)9-14-10-18-12-17-14/h10,12-13H,2-9,11,16H2,1H3. The minimum atomic E-state index is 0.344. The van der Waals surface area contributed by atoms with Crippen LogP contribution in [0.3, 0.4) is 0 Å². The van der Waals surface area contributed by atoms with Gasteiger partial charge in [0.2, 0.25) is 0 Å². The summed E-state index contributed by atoms with van der Waals surface area (Å²) in [7, 11) is 0. The highest BCUT2D eigenvalue weighted by Crippen LogP contribution is 2.42. The first-order valence-corrected chi connectivity index (χ1v) is 8.29. The highest BCUT2D eigenvalue weighted by Gasteiger charge is 2.34. The molecule has 0 aliphatic heterocycles. The zero-order valence-electron chi connectivity index (χ0n) is 11.5. The van der Waals surface area contributed by atoms with Crippen molar-refractivity contribution in [2.24, 2.45) is 17.1 Å². The van der Waals surface area contributed by atoms with Crippen molar-refractivity contribution in [3.63, 3.8) is 0 Å². The summed E-state index contributed by atoms with van der Waals surface area (Å²) in [6.07, 6.45) is 10.6. The fourth-order valence-corrected chi connectivity index (χ4v) is 3.79. The predicted molar refractivity (Wildman–Crippen MR) is 78.8 cm³/mol. The van der Waals surface area contributed by atoms with E-state index in [9.17, 15) is 0 Å². The zero-order valence-corrected chi connectivity index (χ0v) is 12.3. The molecule has 1 fully saturated rings. The Hall–Kier alpha value is -0.410. The van der Waals surface area contributed by atoms with Gasteiger partial charge in [0.15, 0.2) is 0 Å². The number of rotatable bonds is 6. The summed E-state index contributed by atoms with van der Waals surface area (Å²) in [6, 6.07) is 0. The first-order valence-electron chi connectivity index (χ1n) is 7.35. The smallest absolute Gasteiger partial charge is 0.0794 e. The molecule has 0 saturated heterocycles. The maximum atomic E-state index is 6.08. The Kier molecular flexibility index (Phi) is 5.19. The van der Waals surface area contributed by atoms with E-state index in [1.807, 2.05) is 5.51 Å². The summed E-state index contributed by atoms with van der Waals surface area (Å²) < 4.78 is 0. The normalized spacial score (nSPS) is 28.4. The SMILES string of the molecule is CCCCC1CCC(CN)(Cc2cscn2)CC1. The van der Waals surface area contributed by atoms with Gasteiger partial charge in [0, 0.05) is 5.38 Å². The molecule has 1 aliphatic rings. The second-order valence-electron chi connectivity index (χ2n) is 5.95. The Morgan fingerprint density at radius 3 is 2.78 bits per heavy atom. The molecule has 2 rings (SSSR count). The molecule has 1 aromatic heterocycles. The Balaban J connectivity index is 1.87. The van der Waals surface area contributed by atoms with E-state index in [4.69, 9.17) is 5.73 Å². The summed E-state index contributed by atoms with van der Waals surface area (Å²) in [5.74, 6) is 0.958. The molecule has 1 aliphatic carbocycles. The summed E-state index contributed by atoms with van der Waals surface area (Å²) in [6.45, 7) is 3.11. The molecule has 0 radical (unpaired) electrons. The molecular formula is C15H26N2S. The Labute approximate surface area is 115 Å². The fraction of sp³-hybridized carbons (Fsp3) is 0.800. The van der Waals surface area contributed by atoms with Crippen molar-refractivity contribution >= 4 is 11.3 Å². The molecule has 0 atom stereocenters. The third kappa shape index (κ3) is 3.55. The molecule has 2 N–H and O–H groups in total. The highest BCUT2D eigenvalue weighted by atomic mass is 32.1. The lowest BCUT2D eigenvalue weighted by molar-refractivity contribution is 0.149. The number of nitrogens with zero attached hydrogens (tertiary/aromatic N) is 1. The zero-order chi connectivity index (χ0) is 12.8. The van der Waals surface area contributed by atoms with Crippen molar-refractivity contribution in [2.45, 2.75) is 58.3 Å². The lowest BCUT2D eigenvalue weighted by Gasteiger charge is -2.39. The molecule has 0 bridgehead atoms. The van der Waals surface area contributed by atoms with Gasteiger partial charge in [-0.2, -0.15) is 0 Å². The largest absolute Gasteiger partial charge is 0.330 e. The molecule has 1 aromatic rings. The van der Waals surface area contributed by atoms with E-state index >= 15 is 0 Å². The Morgan fingerprint density at radius 2 is 2.22 bits per heavy atom. The van der Waals surface area contributed by atoms with Crippen molar-refractivity contribution in [1.29, 1.82) is 0 Å². The minimum Gasteiger partial charge on any atom is -0.330 e. The summed E-state index contributed by atoms with van der Waals surface area (Å²) in [5.41, 5.74) is 9.60. The molecule has 0 amide bonds. The minimum absolute atomic E-state index is 0.344.